The van der Waals surface area contributed by atoms with E-state index in [9.17, 15) is 24.4 Å². The maximum atomic E-state index is 11.6. The molecule has 0 aromatic heterocycles. The van der Waals surface area contributed by atoms with Crippen LogP contribution >= 0.6 is 7.82 Å². The fourth-order valence-corrected chi connectivity index (χ4v) is 2.46. The summed E-state index contributed by atoms with van der Waals surface area (Å²) in [7, 11) is -4.75. The summed E-state index contributed by atoms with van der Waals surface area (Å²) >= 11 is 0. The Morgan fingerprint density at radius 3 is 2.57 bits per heavy atom. The van der Waals surface area contributed by atoms with Crippen LogP contribution in [0.5, 0.6) is 0 Å². The Morgan fingerprint density at radius 1 is 1.33 bits per heavy atom. The summed E-state index contributed by atoms with van der Waals surface area (Å²) in [5.41, 5.74) is 0. The lowest BCUT2D eigenvalue weighted by Gasteiger charge is -2.32. The normalized spacial score (nSPS) is 34.2. The molecule has 12 heteroatoms. The molecule has 21 heavy (non-hydrogen) atoms. The van der Waals surface area contributed by atoms with Gasteiger partial charge in [-0.3, -0.25) is 19.5 Å². The number of carbonyl (C=O) groups excluding carboxylic acids is 2. The molecule has 2 heterocycles. The van der Waals surface area contributed by atoms with E-state index in [2.05, 4.69) is 4.52 Å². The molecule has 5 N–H and O–H groups in total. The number of nitrogens with zero attached hydrogens (tertiary/aromatic N) is 1. The topological polar surface area (TPSA) is 166 Å². The summed E-state index contributed by atoms with van der Waals surface area (Å²) in [6.45, 7) is -0.668. The van der Waals surface area contributed by atoms with Gasteiger partial charge >= 0.3 is 13.9 Å². The molecule has 120 valence electrons. The lowest BCUT2D eigenvalue weighted by molar-refractivity contribution is -0.125. The predicted octanol–water partition coefficient (Wildman–Crippen LogP) is -2.52. The van der Waals surface area contributed by atoms with E-state index in [1.807, 2.05) is 5.32 Å². The number of rotatable bonds is 4. The molecule has 0 radical (unpaired) electrons. The highest BCUT2D eigenvalue weighted by Gasteiger charge is 2.48. The van der Waals surface area contributed by atoms with Crippen LogP contribution in [-0.2, 0) is 18.6 Å². The van der Waals surface area contributed by atoms with Crippen molar-refractivity contribution in [3.63, 3.8) is 0 Å². The number of nitrogens with one attached hydrogen (secondary N) is 1. The smallest absolute Gasteiger partial charge is 0.387 e. The minimum absolute atomic E-state index is 0.00875. The molecular weight excluding hydrogens is 311 g/mol. The van der Waals surface area contributed by atoms with Crippen molar-refractivity contribution in [2.24, 2.45) is 0 Å². The molecule has 2 saturated heterocycles. The third-order valence-electron chi connectivity index (χ3n) is 3.14. The van der Waals surface area contributed by atoms with Gasteiger partial charge in [-0.15, -0.1) is 0 Å². The third-order valence-corrected chi connectivity index (χ3v) is 3.62. The standard InChI is InChI=1S/C9H15N2O9P/c12-5-1-2-11(9(15)10-5)8-7(14)6(13)4(20-8)3-19-21(16,17)18/h4,6-8,13-14H,1-3H2,(H,10,12,15)(H2,16,17,18)/t4-,6-,7-,8-/m1/s1. The van der Waals surface area contributed by atoms with Gasteiger partial charge in [0.2, 0.25) is 5.91 Å². The number of hydrogen-bond donors (Lipinski definition) is 5. The first-order valence-electron chi connectivity index (χ1n) is 6.01. The monoisotopic (exact) mass is 326 g/mol. The molecule has 0 aromatic carbocycles. The van der Waals surface area contributed by atoms with Crippen LogP contribution in [0.2, 0.25) is 0 Å². The van der Waals surface area contributed by atoms with Crippen LogP contribution in [0.1, 0.15) is 6.42 Å². The second-order valence-electron chi connectivity index (χ2n) is 4.63. The number of urea groups is 1. The number of phosphoric ester groups is 1. The Hall–Kier alpha value is -1.07. The van der Waals surface area contributed by atoms with Gasteiger partial charge in [-0.25, -0.2) is 9.36 Å². The van der Waals surface area contributed by atoms with Crippen molar-refractivity contribution >= 4 is 19.8 Å². The number of ether oxygens (including phenoxy) is 1. The molecule has 0 aliphatic carbocycles. The summed E-state index contributed by atoms with van der Waals surface area (Å²) in [4.78, 5) is 40.9. The molecule has 11 nitrogen and oxygen atoms in total. The molecular formula is C9H15N2O9P. The molecule has 4 atom stereocenters. The van der Waals surface area contributed by atoms with Crippen molar-refractivity contribution in [3.05, 3.63) is 0 Å². The highest BCUT2D eigenvalue weighted by atomic mass is 31.2. The van der Waals surface area contributed by atoms with Gasteiger partial charge in [0.15, 0.2) is 6.23 Å². The van der Waals surface area contributed by atoms with Crippen LogP contribution in [0.3, 0.4) is 0 Å². The van der Waals surface area contributed by atoms with Gasteiger partial charge in [-0.1, -0.05) is 0 Å². The number of carbonyl (C=O) groups is 2. The first kappa shape index (κ1) is 16.3. The van der Waals surface area contributed by atoms with E-state index in [0.717, 1.165) is 4.90 Å². The Bertz CT molecular complexity index is 480. The van der Waals surface area contributed by atoms with Gasteiger partial charge in [-0.05, 0) is 0 Å². The summed E-state index contributed by atoms with van der Waals surface area (Å²) < 4.78 is 20.0. The number of phosphoric acid groups is 1. The minimum Gasteiger partial charge on any atom is -0.387 e. The minimum atomic E-state index is -4.75. The third kappa shape index (κ3) is 3.77. The largest absolute Gasteiger partial charge is 0.469 e. The van der Waals surface area contributed by atoms with Gasteiger partial charge in [0, 0.05) is 13.0 Å². The van der Waals surface area contributed by atoms with E-state index in [1.54, 1.807) is 0 Å². The van der Waals surface area contributed by atoms with E-state index in [1.165, 1.54) is 0 Å². The van der Waals surface area contributed by atoms with Crippen molar-refractivity contribution < 1.29 is 43.4 Å². The Kier molecular flexibility index (Phi) is 4.63. The zero-order chi connectivity index (χ0) is 15.8. The molecule has 0 aromatic rings. The van der Waals surface area contributed by atoms with Crippen LogP contribution in [-0.4, -0.2) is 74.5 Å². The quantitative estimate of drug-likeness (QED) is 0.350. The van der Waals surface area contributed by atoms with Gasteiger partial charge in [0.1, 0.15) is 18.3 Å². The number of hydrogen-bond acceptors (Lipinski definition) is 7. The lowest BCUT2D eigenvalue weighted by atomic mass is 10.1. The fraction of sp³-hybridized carbons (Fsp3) is 0.778. The summed E-state index contributed by atoms with van der Waals surface area (Å²) in [5, 5.41) is 21.7. The number of aliphatic hydroxyl groups is 2. The average molecular weight is 326 g/mol. The Labute approximate surface area is 118 Å². The van der Waals surface area contributed by atoms with E-state index in [0.29, 0.717) is 0 Å². The van der Waals surface area contributed by atoms with Crippen molar-refractivity contribution in [3.8, 4) is 0 Å². The Balaban J connectivity index is 2.01. The molecule has 2 aliphatic rings. The fourth-order valence-electron chi connectivity index (χ4n) is 2.11. The van der Waals surface area contributed by atoms with Crippen molar-refractivity contribution in [1.29, 1.82) is 0 Å². The van der Waals surface area contributed by atoms with Crippen LogP contribution in [0.15, 0.2) is 0 Å². The van der Waals surface area contributed by atoms with E-state index in [-0.39, 0.29) is 13.0 Å². The average Bonchev–Trinajstić information content (AvgIpc) is 2.64. The molecule has 2 fully saturated rings. The first-order valence-corrected chi connectivity index (χ1v) is 7.54. The SMILES string of the molecule is O=C1CCN([C@@H]2O[C@H](COP(=O)(O)O)[C@@H](O)[C@H]2O)C(=O)N1. The van der Waals surface area contributed by atoms with Crippen LogP contribution in [0, 0.1) is 0 Å². The van der Waals surface area contributed by atoms with Gasteiger partial charge < -0.3 is 24.7 Å². The van der Waals surface area contributed by atoms with Gasteiger partial charge in [0.25, 0.3) is 0 Å². The lowest BCUT2D eigenvalue weighted by Crippen LogP contribution is -2.56. The van der Waals surface area contributed by atoms with Crippen molar-refractivity contribution in [1.82, 2.24) is 10.2 Å². The molecule has 0 unspecified atom stereocenters. The predicted molar refractivity (Wildman–Crippen MR) is 63.5 cm³/mol. The van der Waals surface area contributed by atoms with Crippen LogP contribution in [0.25, 0.3) is 0 Å². The molecule has 3 amide bonds. The molecule has 0 spiro atoms. The van der Waals surface area contributed by atoms with Crippen LogP contribution in [0.4, 0.5) is 4.79 Å². The highest BCUT2D eigenvalue weighted by Crippen LogP contribution is 2.37. The van der Waals surface area contributed by atoms with E-state index in [4.69, 9.17) is 14.5 Å². The van der Waals surface area contributed by atoms with E-state index < -0.39 is 50.9 Å². The molecule has 2 rings (SSSR count). The summed E-state index contributed by atoms with van der Waals surface area (Å²) in [6, 6.07) is -0.779. The molecule has 2 aliphatic heterocycles. The number of amides is 3. The Morgan fingerprint density at radius 2 is 2.00 bits per heavy atom. The van der Waals surface area contributed by atoms with Crippen molar-refractivity contribution in [2.45, 2.75) is 31.0 Å². The van der Waals surface area contributed by atoms with Gasteiger partial charge in [0.05, 0.1) is 6.61 Å². The first-order chi connectivity index (χ1) is 9.69. The summed E-state index contributed by atoms with van der Waals surface area (Å²) in [6.07, 6.45) is -5.43. The van der Waals surface area contributed by atoms with E-state index >= 15 is 0 Å². The maximum Gasteiger partial charge on any atom is 0.469 e. The number of imide groups is 1. The summed E-state index contributed by atoms with van der Waals surface area (Å²) in [5.74, 6) is -0.467. The molecule has 0 saturated carbocycles. The highest BCUT2D eigenvalue weighted by molar-refractivity contribution is 7.46. The van der Waals surface area contributed by atoms with Gasteiger partial charge in [-0.2, -0.15) is 0 Å². The number of aliphatic hydroxyl groups excluding tert-OH is 2. The second-order valence-corrected chi connectivity index (χ2v) is 5.87. The van der Waals surface area contributed by atoms with Crippen molar-refractivity contribution in [2.75, 3.05) is 13.2 Å². The zero-order valence-electron chi connectivity index (χ0n) is 10.7. The van der Waals surface area contributed by atoms with Crippen LogP contribution < -0.4 is 5.32 Å². The second kappa shape index (κ2) is 5.97. The molecule has 0 bridgehead atoms. The maximum absolute atomic E-state index is 11.6. The zero-order valence-corrected chi connectivity index (χ0v) is 11.5.